The van der Waals surface area contributed by atoms with Crippen molar-refractivity contribution in [2.75, 3.05) is 33.7 Å². The second-order valence-corrected chi connectivity index (χ2v) is 17.9. The number of unbranched alkanes of at least 4 members (excludes halogenated alkanes) is 1. The minimum absolute atomic E-state index is 0.0206. The zero-order valence-corrected chi connectivity index (χ0v) is 39.8. The number of nitrogens with two attached hydrogens (primary N) is 4. The third kappa shape index (κ3) is 19.6. The Hall–Kier alpha value is -5.47. The Morgan fingerprint density at radius 2 is 1.38 bits per heavy atom. The summed E-state index contributed by atoms with van der Waals surface area (Å²) in [7, 11) is 2.77. The van der Waals surface area contributed by atoms with Crippen LogP contribution in [-0.2, 0) is 44.8 Å². The van der Waals surface area contributed by atoms with Gasteiger partial charge in [-0.05, 0) is 89.2 Å². The minimum Gasteiger partial charge on any atom is -0.370 e. The zero-order valence-electron chi connectivity index (χ0n) is 39.8. The first kappa shape index (κ1) is 56.7. The molecule has 369 valence electrons. The lowest BCUT2D eigenvalue weighted by molar-refractivity contribution is -0.144. The zero-order chi connectivity index (χ0) is 49.5. The van der Waals surface area contributed by atoms with Crippen LogP contribution >= 0.6 is 0 Å². The van der Waals surface area contributed by atoms with Crippen molar-refractivity contribution >= 4 is 53.0 Å². The fourth-order valence-corrected chi connectivity index (χ4v) is 7.73. The van der Waals surface area contributed by atoms with Crippen molar-refractivity contribution in [3.63, 3.8) is 0 Å². The Labute approximate surface area is 390 Å². The number of ketones is 2. The average molecular weight is 926 g/mol. The highest BCUT2D eigenvalue weighted by molar-refractivity contribution is 6.41. The van der Waals surface area contributed by atoms with Gasteiger partial charge in [-0.2, -0.15) is 0 Å². The Morgan fingerprint density at radius 3 is 1.98 bits per heavy atom. The van der Waals surface area contributed by atoms with E-state index in [1.165, 1.54) is 32.8 Å². The highest BCUT2D eigenvalue weighted by Gasteiger charge is 2.37. The lowest BCUT2D eigenvalue weighted by Gasteiger charge is -2.30. The van der Waals surface area contributed by atoms with Crippen LogP contribution in [0.4, 0.5) is 0 Å². The summed E-state index contributed by atoms with van der Waals surface area (Å²) in [5, 5.41) is 22.0. The molecule has 1 aliphatic rings. The third-order valence-electron chi connectivity index (χ3n) is 12.0. The normalized spacial score (nSPS) is 16.0. The first-order chi connectivity index (χ1) is 31.2. The third-order valence-corrected chi connectivity index (χ3v) is 12.0. The van der Waals surface area contributed by atoms with E-state index in [0.29, 0.717) is 25.8 Å². The molecular weight excluding hydrogens is 849 g/mol. The van der Waals surface area contributed by atoms with E-state index in [1.807, 2.05) is 44.2 Å². The molecule has 20 nitrogen and oxygen atoms in total. The summed E-state index contributed by atoms with van der Waals surface area (Å²) in [6, 6.07) is 1.46. The van der Waals surface area contributed by atoms with Gasteiger partial charge in [-0.3, -0.25) is 43.8 Å². The van der Waals surface area contributed by atoms with Crippen LogP contribution < -0.4 is 49.5 Å². The first-order valence-electron chi connectivity index (χ1n) is 23.2. The molecule has 1 saturated carbocycles. The number of likely N-dealkylation sites (N-methyl/N-ethyl adjacent to an activating group) is 2. The molecule has 13 N–H and O–H groups in total. The van der Waals surface area contributed by atoms with Gasteiger partial charge in [0.25, 0.3) is 5.91 Å². The molecule has 7 atom stereocenters. The number of rotatable bonds is 29. The molecule has 0 bridgehead atoms. The summed E-state index contributed by atoms with van der Waals surface area (Å²) in [4.78, 5) is 110. The van der Waals surface area contributed by atoms with Crippen molar-refractivity contribution in [3.05, 3.63) is 35.9 Å². The number of amides is 6. The Morgan fingerprint density at radius 1 is 0.758 bits per heavy atom. The molecule has 1 aromatic carbocycles. The molecule has 0 heterocycles. The summed E-state index contributed by atoms with van der Waals surface area (Å²) in [6.07, 6.45) is 7.42. The summed E-state index contributed by atoms with van der Waals surface area (Å²) in [5.74, 6) is -5.80. The van der Waals surface area contributed by atoms with Gasteiger partial charge >= 0.3 is 0 Å². The topological polar surface area (TPSA) is 333 Å². The van der Waals surface area contributed by atoms with E-state index in [-0.39, 0.29) is 56.4 Å². The fourth-order valence-electron chi connectivity index (χ4n) is 7.73. The summed E-state index contributed by atoms with van der Waals surface area (Å²) >= 11 is 0. The van der Waals surface area contributed by atoms with Crippen LogP contribution in [0.3, 0.4) is 0 Å². The fraction of sp³-hybridized carbons (Fsp3) is 0.674. The Bertz CT molecular complexity index is 1780. The van der Waals surface area contributed by atoms with Gasteiger partial charge in [-0.25, -0.2) is 5.32 Å². The van der Waals surface area contributed by atoms with Crippen molar-refractivity contribution in [1.29, 1.82) is 5.41 Å². The van der Waals surface area contributed by atoms with Crippen molar-refractivity contribution in [3.8, 4) is 0 Å². The number of nitrogens with zero attached hydrogens (tertiary/aromatic N) is 3. The number of hydrogen-bond donors (Lipinski definition) is 9. The van der Waals surface area contributed by atoms with E-state index < -0.39 is 95.8 Å². The number of carbonyl (C=O) groups excluding carboxylic acids is 8. The predicted molar refractivity (Wildman–Crippen MR) is 251 cm³/mol. The van der Waals surface area contributed by atoms with E-state index in [4.69, 9.17) is 28.3 Å². The van der Waals surface area contributed by atoms with Gasteiger partial charge in [0.2, 0.25) is 41.1 Å². The molecule has 1 radical (unpaired) electrons. The second kappa shape index (κ2) is 29.2. The van der Waals surface area contributed by atoms with Gasteiger partial charge in [-0.1, -0.05) is 76.3 Å². The van der Waals surface area contributed by atoms with Gasteiger partial charge in [0, 0.05) is 20.6 Å². The van der Waals surface area contributed by atoms with E-state index in [2.05, 4.69) is 26.6 Å². The van der Waals surface area contributed by atoms with E-state index in [0.717, 1.165) is 42.6 Å². The highest BCUT2D eigenvalue weighted by atomic mass is 16.2. The first-order valence-corrected chi connectivity index (χ1v) is 23.2. The van der Waals surface area contributed by atoms with Crippen molar-refractivity contribution < 1.29 is 38.4 Å². The lowest BCUT2D eigenvalue weighted by atomic mass is 9.83. The smallest absolute Gasteiger partial charge is 0.264 e. The van der Waals surface area contributed by atoms with Gasteiger partial charge in [0.15, 0.2) is 5.96 Å². The highest BCUT2D eigenvalue weighted by Crippen LogP contribution is 2.27. The molecule has 0 aliphatic heterocycles. The number of carbonyl (C=O) groups is 8. The summed E-state index contributed by atoms with van der Waals surface area (Å²) < 4.78 is 0. The van der Waals surface area contributed by atoms with Crippen LogP contribution in [0.2, 0.25) is 0 Å². The van der Waals surface area contributed by atoms with Gasteiger partial charge < -0.3 is 54.0 Å². The van der Waals surface area contributed by atoms with E-state index >= 15 is 0 Å². The number of guanidine groups is 1. The SMILES string of the molecule is CC(C)C[C@H](NC(=O)CNC(=O)[C@H](C)N(C)C(=O)[C@H](CCCCN)NC(=O)[C@@H](N)Cc1ccccc1)C(=O)N(C)[C@@H](C)C(=O)[N][C@@H](CCCNC(=N)N)C(=O)C(=O)[C@@H](N)CC1CCCCC1. The van der Waals surface area contributed by atoms with E-state index in [9.17, 15) is 38.4 Å². The molecule has 1 aromatic rings. The molecule has 2 rings (SSSR count). The van der Waals surface area contributed by atoms with Crippen LogP contribution in [0.5, 0.6) is 0 Å². The molecule has 1 aliphatic carbocycles. The van der Waals surface area contributed by atoms with E-state index in [1.54, 1.807) is 0 Å². The number of Topliss-reactive ketones (excluding diaryl/α,β-unsaturated/α-hetero) is 2. The molecule has 20 heteroatoms. The molecule has 66 heavy (non-hydrogen) atoms. The molecule has 0 saturated heterocycles. The molecule has 6 amide bonds. The molecule has 1 fully saturated rings. The van der Waals surface area contributed by atoms with Crippen LogP contribution in [0, 0.1) is 17.2 Å². The van der Waals surface area contributed by atoms with Crippen LogP contribution in [-0.4, -0.2) is 139 Å². The largest absolute Gasteiger partial charge is 0.370 e. The van der Waals surface area contributed by atoms with Crippen molar-refractivity contribution in [2.24, 2.45) is 34.8 Å². The lowest BCUT2D eigenvalue weighted by Crippen LogP contribution is -2.57. The maximum absolute atomic E-state index is 13.9. The van der Waals surface area contributed by atoms with Crippen LogP contribution in [0.15, 0.2) is 30.3 Å². The number of benzene rings is 1. The quantitative estimate of drug-likeness (QED) is 0.0216. The number of nitrogens with one attached hydrogen (secondary N) is 5. The van der Waals surface area contributed by atoms with Crippen LogP contribution in [0.25, 0.3) is 0 Å². The summed E-state index contributed by atoms with van der Waals surface area (Å²) in [6.45, 7) is 6.58. The second-order valence-electron chi connectivity index (χ2n) is 17.9. The maximum atomic E-state index is 13.9. The number of hydrogen-bond acceptors (Lipinski definition) is 12. The predicted octanol–water partition coefficient (Wildman–Crippen LogP) is -0.290. The molecular formula is C46H77N12O8. The Kier molecular flexibility index (Phi) is 25.1. The standard InChI is InChI=1S/C46H77N12O8/c1-28(2)24-37(45(66)58(6)30(4)42(63)55-35(21-15-23-52-46(50)51)40(61)39(60)33(48)25-31-16-9-7-10-17-31)54-38(59)27-53-41(62)29(3)57(5)44(65)36(20-13-14-22-47)56-43(64)34(49)26-32-18-11-8-12-19-32/h8,11-12,18-19,28-31,33-37H,7,9-10,13-17,20-27,47-49H2,1-6H3,(H,53,62)(H,54,59)(H,56,64)(H4,50,51,52)/t29-,30-,33-,34-,35-,36-,37-/m0/s1. The molecule has 0 unspecified atom stereocenters. The monoisotopic (exact) mass is 926 g/mol. The molecule has 0 spiro atoms. The minimum atomic E-state index is -1.38. The van der Waals surface area contributed by atoms with Gasteiger partial charge in [0.1, 0.15) is 30.2 Å². The molecule has 0 aromatic heterocycles. The average Bonchev–Trinajstić information content (AvgIpc) is 3.29. The maximum Gasteiger partial charge on any atom is 0.264 e. The Balaban J connectivity index is 2.08. The van der Waals surface area contributed by atoms with Gasteiger partial charge in [0.05, 0.1) is 18.6 Å². The summed E-state index contributed by atoms with van der Waals surface area (Å²) in [5.41, 5.74) is 24.3. The van der Waals surface area contributed by atoms with Crippen LogP contribution in [0.1, 0.15) is 110 Å². The van der Waals surface area contributed by atoms with Crippen molar-refractivity contribution in [2.45, 2.75) is 153 Å². The van der Waals surface area contributed by atoms with Gasteiger partial charge in [-0.15, -0.1) is 0 Å². The van der Waals surface area contributed by atoms with Crippen molar-refractivity contribution in [1.82, 2.24) is 36.4 Å².